The van der Waals surface area contributed by atoms with Gasteiger partial charge >= 0.3 is 0 Å². The van der Waals surface area contributed by atoms with Gasteiger partial charge in [-0.05, 0) is 33.2 Å². The first-order valence-electron chi connectivity index (χ1n) is 5.62. The first-order valence-corrected chi connectivity index (χ1v) is 5.62. The van der Waals surface area contributed by atoms with Gasteiger partial charge in [0.2, 0.25) is 0 Å². The monoisotopic (exact) mass is 219 g/mol. The van der Waals surface area contributed by atoms with E-state index in [0.29, 0.717) is 11.5 Å². The molecular weight excluding hydrogens is 198 g/mol. The van der Waals surface area contributed by atoms with Crippen LogP contribution in [0.2, 0.25) is 0 Å². The number of hydrogen-bond donors (Lipinski definition) is 1. The summed E-state index contributed by atoms with van der Waals surface area (Å²) >= 11 is 0. The van der Waals surface area contributed by atoms with Crippen LogP contribution >= 0.6 is 12.4 Å². The van der Waals surface area contributed by atoms with E-state index in [4.69, 9.17) is 4.74 Å². The van der Waals surface area contributed by atoms with E-state index in [1.807, 2.05) is 0 Å². The molecular formula is C11H22ClNO. The van der Waals surface area contributed by atoms with E-state index < -0.39 is 0 Å². The highest BCUT2D eigenvalue weighted by Crippen LogP contribution is 2.54. The molecule has 84 valence electrons. The maximum atomic E-state index is 5.81. The number of nitrogens with one attached hydrogen (secondary N) is 1. The quantitative estimate of drug-likeness (QED) is 0.787. The molecule has 2 rings (SSSR count). The number of hydrogen-bond acceptors (Lipinski definition) is 2. The summed E-state index contributed by atoms with van der Waals surface area (Å²) in [6.07, 6.45) is 7.35. The average Bonchev–Trinajstić information content (AvgIpc) is 2.62. The summed E-state index contributed by atoms with van der Waals surface area (Å²) in [4.78, 5) is 0. The van der Waals surface area contributed by atoms with E-state index in [0.717, 1.165) is 12.6 Å². The van der Waals surface area contributed by atoms with Gasteiger partial charge in [-0.2, -0.15) is 0 Å². The summed E-state index contributed by atoms with van der Waals surface area (Å²) in [5.74, 6) is 0. The van der Waals surface area contributed by atoms with Crippen LogP contribution in [0.1, 0.15) is 39.0 Å². The van der Waals surface area contributed by atoms with Crippen LogP contribution in [-0.2, 0) is 4.74 Å². The van der Waals surface area contributed by atoms with Crippen LogP contribution < -0.4 is 5.32 Å². The molecule has 2 aliphatic carbocycles. The molecule has 0 amide bonds. The van der Waals surface area contributed by atoms with Gasteiger partial charge in [-0.1, -0.05) is 12.8 Å². The molecule has 0 aliphatic heterocycles. The maximum Gasteiger partial charge on any atom is 0.0661 e. The molecule has 0 radical (unpaired) electrons. The summed E-state index contributed by atoms with van der Waals surface area (Å²) in [5.41, 5.74) is 0.519. The molecule has 0 aromatic rings. The topological polar surface area (TPSA) is 21.3 Å². The Morgan fingerprint density at radius 2 is 2.00 bits per heavy atom. The Labute approximate surface area is 93.2 Å². The largest absolute Gasteiger partial charge is 0.378 e. The zero-order chi connectivity index (χ0) is 9.31. The van der Waals surface area contributed by atoms with Crippen molar-refractivity contribution in [3.63, 3.8) is 0 Å². The second-order valence-corrected chi connectivity index (χ2v) is 4.46. The third-order valence-corrected chi connectivity index (χ3v) is 4.04. The predicted molar refractivity (Wildman–Crippen MR) is 61.0 cm³/mol. The Hall–Kier alpha value is 0.210. The van der Waals surface area contributed by atoms with Crippen molar-refractivity contribution >= 4 is 12.4 Å². The summed E-state index contributed by atoms with van der Waals surface area (Å²) < 4.78 is 5.81. The molecule has 0 saturated heterocycles. The average molecular weight is 220 g/mol. The van der Waals surface area contributed by atoms with E-state index >= 15 is 0 Å². The lowest BCUT2D eigenvalue weighted by Crippen LogP contribution is -2.61. The highest BCUT2D eigenvalue weighted by molar-refractivity contribution is 5.85. The van der Waals surface area contributed by atoms with E-state index in [1.54, 1.807) is 0 Å². The van der Waals surface area contributed by atoms with Crippen LogP contribution in [0.3, 0.4) is 0 Å². The Morgan fingerprint density at radius 1 is 1.36 bits per heavy atom. The fourth-order valence-corrected chi connectivity index (χ4v) is 3.29. The lowest BCUT2D eigenvalue weighted by atomic mass is 9.60. The molecule has 0 aromatic carbocycles. The second-order valence-electron chi connectivity index (χ2n) is 4.46. The smallest absolute Gasteiger partial charge is 0.0661 e. The van der Waals surface area contributed by atoms with Crippen molar-refractivity contribution in [2.24, 2.45) is 5.41 Å². The Morgan fingerprint density at radius 3 is 2.50 bits per heavy atom. The highest BCUT2D eigenvalue weighted by Gasteiger charge is 2.55. The maximum absolute atomic E-state index is 5.81. The van der Waals surface area contributed by atoms with Crippen molar-refractivity contribution < 1.29 is 4.74 Å². The summed E-state index contributed by atoms with van der Waals surface area (Å²) in [6.45, 7) is 2.98. The Balaban J connectivity index is 0.000000980. The Bertz CT molecular complexity index is 180. The van der Waals surface area contributed by atoms with Crippen molar-refractivity contribution in [3.05, 3.63) is 0 Å². The van der Waals surface area contributed by atoms with Gasteiger partial charge in [0, 0.05) is 18.1 Å². The fourth-order valence-electron chi connectivity index (χ4n) is 3.29. The minimum absolute atomic E-state index is 0. The van der Waals surface area contributed by atoms with Gasteiger partial charge < -0.3 is 10.1 Å². The third-order valence-electron chi connectivity index (χ3n) is 4.04. The normalized spacial score (nSPS) is 33.9. The van der Waals surface area contributed by atoms with Crippen LogP contribution in [0.4, 0.5) is 0 Å². The molecule has 3 heteroatoms. The molecule has 0 bridgehead atoms. The predicted octanol–water partition coefficient (Wildman–Crippen LogP) is 2.37. The number of halogens is 1. The minimum Gasteiger partial charge on any atom is -0.378 e. The fraction of sp³-hybridized carbons (Fsp3) is 1.00. The summed E-state index contributed by atoms with van der Waals surface area (Å²) in [6, 6.07) is 0.728. The van der Waals surface area contributed by atoms with Crippen LogP contribution in [-0.4, -0.2) is 25.8 Å². The standard InChI is InChI=1S/C11H21NO.ClH/c1-3-13-10-8-9(12-2)11(10)6-4-5-7-11;/h9-10,12H,3-8H2,1-2H3;1H/t9-,10+;/m0./s1. The van der Waals surface area contributed by atoms with Gasteiger partial charge in [0.15, 0.2) is 0 Å². The molecule has 1 spiro atoms. The molecule has 2 nitrogen and oxygen atoms in total. The SMILES string of the molecule is CCO[C@@H]1C[C@H](NC)C12CCCC2.Cl. The third kappa shape index (κ3) is 1.68. The van der Waals surface area contributed by atoms with E-state index in [2.05, 4.69) is 19.3 Å². The molecule has 2 saturated carbocycles. The van der Waals surface area contributed by atoms with Gasteiger partial charge in [0.05, 0.1) is 6.10 Å². The van der Waals surface area contributed by atoms with Gasteiger partial charge in [-0.15, -0.1) is 12.4 Å². The Kier molecular flexibility index (Phi) is 4.23. The van der Waals surface area contributed by atoms with Gasteiger partial charge in [-0.25, -0.2) is 0 Å². The summed E-state index contributed by atoms with van der Waals surface area (Å²) in [7, 11) is 2.09. The van der Waals surface area contributed by atoms with Gasteiger partial charge in [0.1, 0.15) is 0 Å². The number of ether oxygens (including phenoxy) is 1. The van der Waals surface area contributed by atoms with Crippen molar-refractivity contribution in [1.29, 1.82) is 0 Å². The van der Waals surface area contributed by atoms with E-state index in [-0.39, 0.29) is 12.4 Å². The van der Waals surface area contributed by atoms with Gasteiger partial charge in [0.25, 0.3) is 0 Å². The molecule has 0 heterocycles. The zero-order valence-electron chi connectivity index (χ0n) is 9.21. The van der Waals surface area contributed by atoms with Crippen molar-refractivity contribution in [3.8, 4) is 0 Å². The lowest BCUT2D eigenvalue weighted by Gasteiger charge is -2.54. The first-order chi connectivity index (χ1) is 6.33. The molecule has 1 N–H and O–H groups in total. The second kappa shape index (κ2) is 4.82. The molecule has 0 unspecified atom stereocenters. The van der Waals surface area contributed by atoms with Crippen LogP contribution in [0.5, 0.6) is 0 Å². The van der Waals surface area contributed by atoms with Crippen molar-refractivity contribution in [2.75, 3.05) is 13.7 Å². The van der Waals surface area contributed by atoms with Crippen LogP contribution in [0, 0.1) is 5.41 Å². The van der Waals surface area contributed by atoms with Crippen LogP contribution in [0.15, 0.2) is 0 Å². The minimum atomic E-state index is 0. The van der Waals surface area contributed by atoms with E-state index in [1.165, 1.54) is 32.1 Å². The lowest BCUT2D eigenvalue weighted by molar-refractivity contribution is -0.128. The molecule has 2 atom stereocenters. The molecule has 2 fully saturated rings. The molecule has 14 heavy (non-hydrogen) atoms. The van der Waals surface area contributed by atoms with Crippen molar-refractivity contribution in [2.45, 2.75) is 51.2 Å². The zero-order valence-corrected chi connectivity index (χ0v) is 10.0. The number of rotatable bonds is 3. The van der Waals surface area contributed by atoms with Gasteiger partial charge in [-0.3, -0.25) is 0 Å². The molecule has 0 aromatic heterocycles. The molecule has 2 aliphatic rings. The van der Waals surface area contributed by atoms with Crippen molar-refractivity contribution in [1.82, 2.24) is 5.32 Å². The highest BCUT2D eigenvalue weighted by atomic mass is 35.5. The van der Waals surface area contributed by atoms with Crippen LogP contribution in [0.25, 0.3) is 0 Å². The summed E-state index contributed by atoms with van der Waals surface area (Å²) in [5, 5.41) is 3.44. The first kappa shape index (κ1) is 12.3. The van der Waals surface area contributed by atoms with E-state index in [9.17, 15) is 0 Å².